The maximum Gasteiger partial charge on any atom is 0.430 e. The Morgan fingerprint density at radius 2 is 1.46 bits per heavy atom. The molecule has 1 atom stereocenters. The van der Waals surface area contributed by atoms with Gasteiger partial charge in [0.15, 0.2) is 0 Å². The summed E-state index contributed by atoms with van der Waals surface area (Å²) in [5.74, 6) is -0.246. The molecule has 138 valence electrons. The van der Waals surface area contributed by atoms with Gasteiger partial charge in [-0.05, 0) is 19.1 Å². The highest BCUT2D eigenvalue weighted by molar-refractivity contribution is 7.54. The molecule has 0 radical (unpaired) electrons. The predicted octanol–water partition coefficient (Wildman–Crippen LogP) is 4.63. The minimum absolute atomic E-state index is 0.0440. The summed E-state index contributed by atoms with van der Waals surface area (Å²) >= 11 is 0. The van der Waals surface area contributed by atoms with Gasteiger partial charge < -0.3 is 14.2 Å². The fourth-order valence-electron chi connectivity index (χ4n) is 1.78. The Bertz CT molecular complexity index is 582. The van der Waals surface area contributed by atoms with E-state index in [1.807, 2.05) is 0 Å². The molecule has 0 spiro atoms. The Labute approximate surface area is 133 Å². The highest BCUT2D eigenvalue weighted by Gasteiger charge is 2.71. The zero-order valence-corrected chi connectivity index (χ0v) is 13.5. The summed E-state index contributed by atoms with van der Waals surface area (Å²) in [6, 6.07) is 2.31. The summed E-state index contributed by atoms with van der Waals surface area (Å²) in [5, 5.41) is 9.24. The Morgan fingerprint density at radius 1 is 1.00 bits per heavy atom. The van der Waals surface area contributed by atoms with Gasteiger partial charge in [-0.25, -0.2) is 4.57 Å². The zero-order valence-electron chi connectivity index (χ0n) is 12.6. The van der Waals surface area contributed by atoms with Gasteiger partial charge in [-0.2, -0.15) is 26.3 Å². The van der Waals surface area contributed by atoms with Gasteiger partial charge in [-0.3, -0.25) is 0 Å². The first-order valence-electron chi connectivity index (χ1n) is 6.70. The second-order valence-electron chi connectivity index (χ2n) is 4.67. The van der Waals surface area contributed by atoms with Crippen LogP contribution in [0.2, 0.25) is 0 Å². The van der Waals surface area contributed by atoms with Gasteiger partial charge >= 0.3 is 19.9 Å². The average Bonchev–Trinajstić information content (AvgIpc) is 2.45. The largest absolute Gasteiger partial charge is 0.430 e. The lowest BCUT2D eigenvalue weighted by Crippen LogP contribution is -2.53. The van der Waals surface area contributed by atoms with Crippen LogP contribution in [0.5, 0.6) is 5.75 Å². The van der Waals surface area contributed by atoms with Crippen molar-refractivity contribution in [1.82, 2.24) is 0 Å². The van der Waals surface area contributed by atoms with E-state index >= 15 is 0 Å². The lowest BCUT2D eigenvalue weighted by atomic mass is 9.92. The van der Waals surface area contributed by atoms with Gasteiger partial charge in [0.25, 0.3) is 5.60 Å². The molecule has 0 aliphatic carbocycles. The molecule has 1 unspecified atom stereocenters. The van der Waals surface area contributed by atoms with Crippen LogP contribution in [0.4, 0.5) is 26.3 Å². The summed E-state index contributed by atoms with van der Waals surface area (Å²) < 4.78 is 98.5. The third-order valence-electron chi connectivity index (χ3n) is 3.05. The SMILES string of the molecule is CCOP(=O)(CC)Oc1ccc(C(O)(C(F)(F)F)C(F)(F)F)cc1. The standard InChI is InChI=1S/C13H15F6O4P/c1-3-22-24(21,4-2)23-10-7-5-9(6-8-10)11(20,12(14,15)16)13(17,18)19/h5-8,20H,3-4H2,1-2H3. The third-order valence-corrected chi connectivity index (χ3v) is 4.97. The van der Waals surface area contributed by atoms with Crippen molar-refractivity contribution in [2.45, 2.75) is 31.8 Å². The molecule has 0 aromatic heterocycles. The van der Waals surface area contributed by atoms with Crippen LogP contribution in [0.25, 0.3) is 0 Å². The van der Waals surface area contributed by atoms with Gasteiger partial charge in [-0.1, -0.05) is 19.1 Å². The zero-order chi connectivity index (χ0) is 18.8. The molecular formula is C13H15F6O4P. The number of alkyl halides is 6. The van der Waals surface area contributed by atoms with Crippen LogP contribution in [0, 0.1) is 0 Å². The number of hydrogen-bond acceptors (Lipinski definition) is 4. The van der Waals surface area contributed by atoms with Crippen molar-refractivity contribution in [3.63, 3.8) is 0 Å². The summed E-state index contributed by atoms with van der Waals surface area (Å²) in [7, 11) is -3.55. The van der Waals surface area contributed by atoms with Crippen molar-refractivity contribution in [1.29, 1.82) is 0 Å². The van der Waals surface area contributed by atoms with E-state index < -0.39 is 31.1 Å². The fourth-order valence-corrected chi connectivity index (χ4v) is 2.99. The lowest BCUT2D eigenvalue weighted by Gasteiger charge is -2.32. The number of hydrogen-bond donors (Lipinski definition) is 1. The second kappa shape index (κ2) is 6.93. The summed E-state index contributed by atoms with van der Waals surface area (Å²) in [6.07, 6.45) is -12.0. The smallest absolute Gasteiger partial charge is 0.424 e. The number of benzene rings is 1. The van der Waals surface area contributed by atoms with Crippen molar-refractivity contribution in [2.24, 2.45) is 0 Å². The van der Waals surface area contributed by atoms with Crippen LogP contribution >= 0.6 is 7.60 Å². The molecule has 1 aromatic carbocycles. The Kier molecular flexibility index (Phi) is 6.01. The first kappa shape index (κ1) is 20.8. The molecule has 1 N–H and O–H groups in total. The summed E-state index contributed by atoms with van der Waals surface area (Å²) in [5.41, 5.74) is -6.45. The van der Waals surface area contributed by atoms with Gasteiger partial charge in [0, 0.05) is 5.56 Å². The normalized spacial score (nSPS) is 15.9. The monoisotopic (exact) mass is 380 g/mol. The molecule has 11 heteroatoms. The van der Waals surface area contributed by atoms with E-state index in [1.54, 1.807) is 6.92 Å². The maximum absolute atomic E-state index is 12.7. The molecular weight excluding hydrogens is 365 g/mol. The van der Waals surface area contributed by atoms with E-state index in [0.29, 0.717) is 12.1 Å². The molecule has 0 aliphatic heterocycles. The quantitative estimate of drug-likeness (QED) is 0.578. The van der Waals surface area contributed by atoms with E-state index in [4.69, 9.17) is 9.05 Å². The minimum atomic E-state index is -5.97. The predicted molar refractivity (Wildman–Crippen MR) is 72.9 cm³/mol. The van der Waals surface area contributed by atoms with E-state index in [1.165, 1.54) is 6.92 Å². The fraction of sp³-hybridized carbons (Fsp3) is 0.538. The highest BCUT2D eigenvalue weighted by Crippen LogP contribution is 2.51. The number of rotatable bonds is 6. The first-order valence-corrected chi connectivity index (χ1v) is 8.43. The first-order chi connectivity index (χ1) is 10.8. The molecule has 0 heterocycles. The van der Waals surface area contributed by atoms with Gasteiger partial charge in [-0.15, -0.1) is 0 Å². The van der Waals surface area contributed by atoms with Crippen molar-refractivity contribution < 1.29 is 45.1 Å². The third kappa shape index (κ3) is 4.04. The van der Waals surface area contributed by atoms with Crippen LogP contribution < -0.4 is 4.52 Å². The molecule has 0 aliphatic rings. The second-order valence-corrected chi connectivity index (χ2v) is 6.96. The van der Waals surface area contributed by atoms with Gasteiger partial charge in [0.1, 0.15) is 5.75 Å². The topological polar surface area (TPSA) is 55.8 Å². The summed E-state index contributed by atoms with van der Waals surface area (Å²) in [6.45, 7) is 3.07. The maximum atomic E-state index is 12.7. The Hall–Kier alpha value is -1.25. The van der Waals surface area contributed by atoms with Crippen molar-refractivity contribution in [3.8, 4) is 5.75 Å². The minimum Gasteiger partial charge on any atom is -0.424 e. The van der Waals surface area contributed by atoms with Crippen molar-refractivity contribution in [2.75, 3.05) is 12.8 Å². The molecule has 0 saturated carbocycles. The van der Waals surface area contributed by atoms with Crippen molar-refractivity contribution >= 4 is 7.60 Å². The highest BCUT2D eigenvalue weighted by atomic mass is 31.2. The van der Waals surface area contributed by atoms with Crippen LogP contribution in [0.15, 0.2) is 24.3 Å². The molecule has 0 fully saturated rings. The lowest BCUT2D eigenvalue weighted by molar-refractivity contribution is -0.376. The molecule has 0 saturated heterocycles. The van der Waals surface area contributed by atoms with Crippen molar-refractivity contribution in [3.05, 3.63) is 29.8 Å². The molecule has 24 heavy (non-hydrogen) atoms. The van der Waals surface area contributed by atoms with Crippen LogP contribution in [-0.2, 0) is 14.7 Å². The molecule has 4 nitrogen and oxygen atoms in total. The van der Waals surface area contributed by atoms with Crippen LogP contribution in [0.1, 0.15) is 19.4 Å². The Balaban J connectivity index is 3.20. The summed E-state index contributed by atoms with van der Waals surface area (Å²) in [4.78, 5) is 0. The van der Waals surface area contributed by atoms with Gasteiger partial charge in [0.05, 0.1) is 12.8 Å². The van der Waals surface area contributed by atoms with E-state index in [0.717, 1.165) is 12.1 Å². The molecule has 0 bridgehead atoms. The van der Waals surface area contributed by atoms with E-state index in [-0.39, 0.29) is 18.5 Å². The number of aliphatic hydroxyl groups is 1. The Morgan fingerprint density at radius 3 is 1.79 bits per heavy atom. The van der Waals surface area contributed by atoms with E-state index in [2.05, 4.69) is 0 Å². The molecule has 1 aromatic rings. The van der Waals surface area contributed by atoms with Crippen LogP contribution in [-0.4, -0.2) is 30.2 Å². The van der Waals surface area contributed by atoms with Gasteiger partial charge in [0.2, 0.25) is 0 Å². The average molecular weight is 380 g/mol. The van der Waals surface area contributed by atoms with Crippen LogP contribution in [0.3, 0.4) is 0 Å². The molecule has 0 amide bonds. The number of halogens is 6. The van der Waals surface area contributed by atoms with E-state index in [9.17, 15) is 36.0 Å². The molecule has 1 rings (SSSR count).